The minimum atomic E-state index is -0.447. The molecule has 0 aromatic rings. The van der Waals surface area contributed by atoms with E-state index in [4.69, 9.17) is 0 Å². The molecule has 26 heavy (non-hydrogen) atoms. The van der Waals surface area contributed by atoms with Gasteiger partial charge in [0.1, 0.15) is 12.4 Å². The Kier molecular flexibility index (Phi) is 14.4. The molecule has 2 atom stereocenters. The Balaban J connectivity index is 1.80. The van der Waals surface area contributed by atoms with Gasteiger partial charge in [0, 0.05) is 12.4 Å². The van der Waals surface area contributed by atoms with Gasteiger partial charge >= 0.3 is 0 Å². The van der Waals surface area contributed by atoms with Crippen LogP contribution in [0.5, 0.6) is 0 Å². The number of aliphatic hydroxyl groups excluding tert-OH is 1. The van der Waals surface area contributed by atoms with Crippen LogP contribution in [0.15, 0.2) is 24.6 Å². The molecule has 1 rings (SSSR count). The van der Waals surface area contributed by atoms with E-state index in [9.17, 15) is 5.11 Å². The Morgan fingerprint density at radius 2 is 1.38 bits per heavy atom. The maximum Gasteiger partial charge on any atom is 0.125 e. The molecule has 0 radical (unpaired) electrons. The molecule has 0 aromatic heterocycles. The summed E-state index contributed by atoms with van der Waals surface area (Å²) in [5.74, 6) is 0. The molecule has 0 aliphatic carbocycles. The van der Waals surface area contributed by atoms with Crippen LogP contribution in [0.4, 0.5) is 0 Å². The lowest BCUT2D eigenvalue weighted by Crippen LogP contribution is -2.39. The Labute approximate surface area is 162 Å². The van der Waals surface area contributed by atoms with Crippen LogP contribution < -0.4 is 5.32 Å². The average molecular weight is 365 g/mol. The van der Waals surface area contributed by atoms with Crippen molar-refractivity contribution in [2.24, 2.45) is 0 Å². The highest BCUT2D eigenvalue weighted by Gasteiger charge is 2.18. The quantitative estimate of drug-likeness (QED) is 0.230. The molecule has 2 unspecified atom stereocenters. The van der Waals surface area contributed by atoms with Crippen molar-refractivity contribution in [1.82, 2.24) is 10.2 Å². The van der Waals surface area contributed by atoms with Crippen molar-refractivity contribution in [2.45, 2.75) is 123 Å². The summed E-state index contributed by atoms with van der Waals surface area (Å²) in [5.41, 5.74) is 0. The topological polar surface area (TPSA) is 35.5 Å². The molecular weight excluding hydrogens is 320 g/mol. The first kappa shape index (κ1) is 23.1. The molecule has 1 heterocycles. The van der Waals surface area contributed by atoms with E-state index in [-0.39, 0.29) is 6.17 Å². The van der Waals surface area contributed by atoms with E-state index in [1.807, 2.05) is 17.3 Å². The summed E-state index contributed by atoms with van der Waals surface area (Å²) in [6.45, 7) is 4.08. The van der Waals surface area contributed by atoms with Gasteiger partial charge in [-0.1, -0.05) is 96.5 Å². The second kappa shape index (κ2) is 16.2. The van der Waals surface area contributed by atoms with Gasteiger partial charge in [0.2, 0.25) is 0 Å². The summed E-state index contributed by atoms with van der Waals surface area (Å²) in [4.78, 5) is 1.92. The molecule has 0 spiro atoms. The number of nitrogens with zero attached hydrogens (tertiary/aromatic N) is 1. The minimum absolute atomic E-state index is 0.113. The molecule has 1 aliphatic rings. The van der Waals surface area contributed by atoms with E-state index < -0.39 is 6.23 Å². The number of hydrogen-bond donors (Lipinski definition) is 2. The van der Waals surface area contributed by atoms with Crippen LogP contribution in [0, 0.1) is 0 Å². The molecule has 3 heteroatoms. The zero-order valence-corrected chi connectivity index (χ0v) is 17.5. The fraction of sp³-hybridized carbons (Fsp3) is 0.826. The van der Waals surface area contributed by atoms with Gasteiger partial charge < -0.3 is 15.3 Å². The third-order valence-corrected chi connectivity index (χ3v) is 5.31. The lowest BCUT2D eigenvalue weighted by molar-refractivity contribution is 0.0408. The second-order valence-corrected chi connectivity index (χ2v) is 7.82. The lowest BCUT2D eigenvalue weighted by atomic mass is 10.0. The lowest BCUT2D eigenvalue weighted by Gasteiger charge is -2.25. The van der Waals surface area contributed by atoms with Crippen molar-refractivity contribution < 1.29 is 5.11 Å². The van der Waals surface area contributed by atoms with Gasteiger partial charge in [-0.2, -0.15) is 0 Å². The highest BCUT2D eigenvalue weighted by Crippen LogP contribution is 2.14. The first-order valence-corrected chi connectivity index (χ1v) is 11.3. The Morgan fingerprint density at radius 1 is 0.885 bits per heavy atom. The van der Waals surface area contributed by atoms with Crippen LogP contribution in [-0.4, -0.2) is 22.4 Å². The predicted molar refractivity (Wildman–Crippen MR) is 114 cm³/mol. The summed E-state index contributed by atoms with van der Waals surface area (Å²) in [6, 6.07) is 0. The van der Waals surface area contributed by atoms with Crippen molar-refractivity contribution >= 4 is 0 Å². The SMILES string of the molecule is CCCCCCCCCCCCCCCC/C=C/C1NC=CN1C(C)O. The first-order chi connectivity index (χ1) is 12.8. The molecule has 1 aliphatic heterocycles. The van der Waals surface area contributed by atoms with Crippen molar-refractivity contribution in [2.75, 3.05) is 0 Å². The fourth-order valence-corrected chi connectivity index (χ4v) is 3.60. The van der Waals surface area contributed by atoms with Crippen LogP contribution in [0.2, 0.25) is 0 Å². The van der Waals surface area contributed by atoms with Crippen LogP contribution in [0.1, 0.15) is 110 Å². The third-order valence-electron chi connectivity index (χ3n) is 5.31. The van der Waals surface area contributed by atoms with Crippen LogP contribution in [0.3, 0.4) is 0 Å². The van der Waals surface area contributed by atoms with E-state index in [1.165, 1.54) is 89.9 Å². The zero-order valence-electron chi connectivity index (χ0n) is 17.5. The molecular formula is C23H44N2O. The normalized spacial score (nSPS) is 18.0. The predicted octanol–water partition coefficient (Wildman–Crippen LogP) is 6.45. The zero-order chi connectivity index (χ0) is 18.9. The third kappa shape index (κ3) is 11.6. The van der Waals surface area contributed by atoms with Crippen molar-refractivity contribution in [3.8, 4) is 0 Å². The highest BCUT2D eigenvalue weighted by atomic mass is 16.3. The maximum atomic E-state index is 9.66. The van der Waals surface area contributed by atoms with Crippen molar-refractivity contribution in [1.29, 1.82) is 0 Å². The Hall–Kier alpha value is -0.960. The van der Waals surface area contributed by atoms with Crippen molar-refractivity contribution in [3.63, 3.8) is 0 Å². The van der Waals surface area contributed by atoms with E-state index in [0.717, 1.165) is 6.42 Å². The Bertz CT molecular complexity index is 365. The molecule has 0 fully saturated rings. The van der Waals surface area contributed by atoms with E-state index in [2.05, 4.69) is 24.4 Å². The first-order valence-electron chi connectivity index (χ1n) is 11.3. The van der Waals surface area contributed by atoms with E-state index in [1.54, 1.807) is 6.92 Å². The molecule has 0 bridgehead atoms. The summed E-state index contributed by atoms with van der Waals surface area (Å²) >= 11 is 0. The largest absolute Gasteiger partial charge is 0.374 e. The summed E-state index contributed by atoms with van der Waals surface area (Å²) in [6.07, 6.45) is 28.8. The number of nitrogens with one attached hydrogen (secondary N) is 1. The number of allylic oxidation sites excluding steroid dienone is 1. The molecule has 152 valence electrons. The van der Waals surface area contributed by atoms with Crippen LogP contribution in [0.25, 0.3) is 0 Å². The van der Waals surface area contributed by atoms with E-state index >= 15 is 0 Å². The van der Waals surface area contributed by atoms with Gasteiger partial charge in [0.15, 0.2) is 0 Å². The Morgan fingerprint density at radius 3 is 1.88 bits per heavy atom. The molecule has 0 saturated carbocycles. The van der Waals surface area contributed by atoms with Gasteiger partial charge in [-0.3, -0.25) is 0 Å². The van der Waals surface area contributed by atoms with Gasteiger partial charge in [0.05, 0.1) is 0 Å². The number of hydrogen-bond acceptors (Lipinski definition) is 3. The van der Waals surface area contributed by atoms with Gasteiger partial charge in [-0.25, -0.2) is 0 Å². The molecule has 0 saturated heterocycles. The van der Waals surface area contributed by atoms with E-state index in [0.29, 0.717) is 0 Å². The van der Waals surface area contributed by atoms with Crippen molar-refractivity contribution in [3.05, 3.63) is 24.6 Å². The summed E-state index contributed by atoms with van der Waals surface area (Å²) in [7, 11) is 0. The number of aliphatic hydroxyl groups is 1. The van der Waals surface area contributed by atoms with Crippen LogP contribution in [-0.2, 0) is 0 Å². The van der Waals surface area contributed by atoms with Gasteiger partial charge in [-0.05, 0) is 25.8 Å². The van der Waals surface area contributed by atoms with Crippen LogP contribution >= 0.6 is 0 Å². The molecule has 2 N–H and O–H groups in total. The highest BCUT2D eigenvalue weighted by molar-refractivity contribution is 5.04. The number of unbranched alkanes of at least 4 members (excludes halogenated alkanes) is 14. The molecule has 0 amide bonds. The smallest absolute Gasteiger partial charge is 0.125 e. The summed E-state index contributed by atoms with van der Waals surface area (Å²) in [5, 5.41) is 12.9. The second-order valence-electron chi connectivity index (χ2n) is 7.82. The number of rotatable bonds is 17. The average Bonchev–Trinajstić information content (AvgIpc) is 3.10. The minimum Gasteiger partial charge on any atom is -0.374 e. The standard InChI is InChI=1S/C23H44N2O/c1-3-4-5-6-7-8-9-10-11-12-13-14-15-16-17-18-19-23-24-20-21-25(23)22(2)26/h18-24,26H,3-17H2,1-2H3/b19-18+. The van der Waals surface area contributed by atoms with Gasteiger partial charge in [0.25, 0.3) is 0 Å². The monoisotopic (exact) mass is 364 g/mol. The molecule has 3 nitrogen and oxygen atoms in total. The van der Waals surface area contributed by atoms with Gasteiger partial charge in [-0.15, -0.1) is 0 Å². The molecule has 0 aromatic carbocycles. The maximum absolute atomic E-state index is 9.66. The summed E-state index contributed by atoms with van der Waals surface area (Å²) < 4.78 is 0. The fourth-order valence-electron chi connectivity index (χ4n) is 3.60.